The van der Waals surface area contributed by atoms with E-state index in [9.17, 15) is 14.0 Å². The van der Waals surface area contributed by atoms with E-state index in [1.807, 2.05) is 6.20 Å². The number of carbonyl (C=O) groups excluding carboxylic acids is 2. The van der Waals surface area contributed by atoms with Crippen LogP contribution >= 0.6 is 0 Å². The van der Waals surface area contributed by atoms with Gasteiger partial charge in [-0.3, -0.25) is 0 Å². The molecule has 5 rings (SSSR count). The number of piperidine rings is 1. The Morgan fingerprint density at radius 1 is 1.09 bits per heavy atom. The van der Waals surface area contributed by atoms with E-state index < -0.39 is 30.1 Å². The van der Waals surface area contributed by atoms with Gasteiger partial charge in [-0.2, -0.15) is 19.6 Å². The number of fused-ring (bicyclic) bond motifs is 1. The molecule has 0 unspecified atom stereocenters. The summed E-state index contributed by atoms with van der Waals surface area (Å²) in [5.41, 5.74) is -0.582. The van der Waals surface area contributed by atoms with E-state index in [2.05, 4.69) is 29.2 Å². The molecule has 2 aromatic heterocycles. The third kappa shape index (κ3) is 7.05. The Morgan fingerprint density at radius 3 is 2.47 bits per heavy atom. The van der Waals surface area contributed by atoms with Crippen molar-refractivity contribution in [3.8, 4) is 0 Å². The lowest BCUT2D eigenvalue weighted by molar-refractivity contribution is -0.0784. The first-order valence-electron chi connectivity index (χ1n) is 15.2. The van der Waals surface area contributed by atoms with Gasteiger partial charge in [-0.05, 0) is 52.4 Å². The predicted octanol–water partition coefficient (Wildman–Crippen LogP) is 3.83. The zero-order valence-corrected chi connectivity index (χ0v) is 26.1. The van der Waals surface area contributed by atoms with Crippen LogP contribution in [0.2, 0.25) is 0 Å². The third-order valence-corrected chi connectivity index (χ3v) is 8.14. The molecule has 0 aromatic carbocycles. The lowest BCUT2D eigenvalue weighted by atomic mass is 9.98. The summed E-state index contributed by atoms with van der Waals surface area (Å²) in [4.78, 5) is 39.8. The minimum atomic E-state index is -1.77. The van der Waals surface area contributed by atoms with Crippen molar-refractivity contribution in [2.75, 3.05) is 63.3 Å². The zero-order valence-electron chi connectivity index (χ0n) is 26.1. The number of carbonyl (C=O) groups is 2. The number of ether oxygens (including phenoxy) is 3. The van der Waals surface area contributed by atoms with Gasteiger partial charge in [-0.1, -0.05) is 13.8 Å². The van der Waals surface area contributed by atoms with Crippen molar-refractivity contribution in [1.29, 1.82) is 0 Å². The van der Waals surface area contributed by atoms with Gasteiger partial charge in [0.15, 0.2) is 11.3 Å². The van der Waals surface area contributed by atoms with Crippen LogP contribution in [0.3, 0.4) is 0 Å². The fourth-order valence-electron chi connectivity index (χ4n) is 5.83. The normalized spacial score (nSPS) is 20.9. The molecule has 2 amide bonds. The minimum absolute atomic E-state index is 0.0524. The molecule has 3 aliphatic rings. The number of alkyl halides is 1. The van der Waals surface area contributed by atoms with E-state index >= 15 is 0 Å². The highest BCUT2D eigenvalue weighted by molar-refractivity contribution is 5.70. The zero-order chi connectivity index (χ0) is 30.9. The topological polar surface area (TPSA) is 127 Å². The molecule has 3 saturated heterocycles. The third-order valence-electron chi connectivity index (χ3n) is 8.14. The van der Waals surface area contributed by atoms with Crippen molar-refractivity contribution in [3.05, 3.63) is 11.8 Å². The Labute approximate surface area is 252 Å². The van der Waals surface area contributed by atoms with Crippen molar-refractivity contribution < 1.29 is 28.2 Å². The number of hydrogen-bond donors (Lipinski definition) is 1. The second-order valence-electron chi connectivity index (χ2n) is 13.2. The number of nitrogens with one attached hydrogen (secondary N) is 1. The maximum atomic E-state index is 15.0. The Hall–Kier alpha value is -3.42. The molecule has 0 bridgehead atoms. The van der Waals surface area contributed by atoms with Crippen LogP contribution in [-0.2, 0) is 14.2 Å². The van der Waals surface area contributed by atoms with Crippen LogP contribution in [0.15, 0.2) is 6.20 Å². The Kier molecular flexibility index (Phi) is 8.87. The average molecular weight is 605 g/mol. The van der Waals surface area contributed by atoms with Crippen molar-refractivity contribution in [2.24, 2.45) is 0 Å². The summed E-state index contributed by atoms with van der Waals surface area (Å²) in [6.45, 7) is 11.2. The quantitative estimate of drug-likeness (QED) is 0.475. The van der Waals surface area contributed by atoms with Gasteiger partial charge in [0.1, 0.15) is 12.2 Å². The van der Waals surface area contributed by atoms with Crippen LogP contribution in [0.4, 0.5) is 25.9 Å². The van der Waals surface area contributed by atoms with E-state index in [1.165, 1.54) is 4.90 Å². The number of aromatic nitrogens is 4. The monoisotopic (exact) mass is 604 g/mol. The molecule has 1 atom stereocenters. The molecule has 3 aliphatic heterocycles. The number of anilines is 2. The molecule has 5 heterocycles. The largest absolute Gasteiger partial charge is 0.446 e. The first-order chi connectivity index (χ1) is 20.4. The van der Waals surface area contributed by atoms with E-state index in [4.69, 9.17) is 24.2 Å². The van der Waals surface area contributed by atoms with Crippen LogP contribution in [0, 0.1) is 0 Å². The molecule has 43 heavy (non-hydrogen) atoms. The Morgan fingerprint density at radius 2 is 1.81 bits per heavy atom. The van der Waals surface area contributed by atoms with Crippen molar-refractivity contribution in [1.82, 2.24) is 29.4 Å². The van der Waals surface area contributed by atoms with Gasteiger partial charge in [-0.25, -0.2) is 14.0 Å². The van der Waals surface area contributed by atoms with Gasteiger partial charge in [-0.15, -0.1) is 0 Å². The van der Waals surface area contributed by atoms with Crippen LogP contribution in [0.5, 0.6) is 0 Å². The van der Waals surface area contributed by atoms with Gasteiger partial charge in [0.2, 0.25) is 11.9 Å². The molecular formula is C29H45FN8O5. The molecule has 0 saturated carbocycles. The first-order valence-corrected chi connectivity index (χ1v) is 15.2. The lowest BCUT2D eigenvalue weighted by Gasteiger charge is -2.44. The van der Waals surface area contributed by atoms with Crippen LogP contribution in [-0.4, -0.2) is 118 Å². The number of rotatable bonds is 8. The number of hydrogen-bond acceptors (Lipinski definition) is 10. The van der Waals surface area contributed by atoms with Crippen molar-refractivity contribution in [3.63, 3.8) is 0 Å². The van der Waals surface area contributed by atoms with E-state index in [0.29, 0.717) is 44.4 Å². The molecule has 1 N–H and O–H groups in total. The SMILES string of the molecule is COC[C@@H]1CCCN1c1nc(NC2CCN(C(=O)OCC3(F)CN(C(=O)OC(C)(C)C)C3)CC2)n2ncc(C(C)C)c2n1. The maximum Gasteiger partial charge on any atom is 0.410 e. The number of halogens is 1. The fraction of sp³-hybridized carbons (Fsp3) is 0.759. The van der Waals surface area contributed by atoms with Gasteiger partial charge in [0.25, 0.3) is 0 Å². The highest BCUT2D eigenvalue weighted by Crippen LogP contribution is 2.30. The summed E-state index contributed by atoms with van der Waals surface area (Å²) >= 11 is 0. The van der Waals surface area contributed by atoms with Crippen molar-refractivity contribution in [2.45, 2.75) is 89.6 Å². The number of nitrogens with zero attached hydrogens (tertiary/aromatic N) is 7. The average Bonchev–Trinajstić information content (AvgIpc) is 3.57. The van der Waals surface area contributed by atoms with Crippen LogP contribution in [0.25, 0.3) is 5.65 Å². The molecule has 14 heteroatoms. The van der Waals surface area contributed by atoms with Gasteiger partial charge in [0, 0.05) is 38.3 Å². The van der Waals surface area contributed by atoms with Crippen molar-refractivity contribution >= 4 is 29.7 Å². The highest BCUT2D eigenvalue weighted by atomic mass is 19.1. The second-order valence-corrected chi connectivity index (χ2v) is 13.2. The van der Waals surface area contributed by atoms with Crippen LogP contribution in [0.1, 0.15) is 71.8 Å². The number of amides is 2. The molecule has 238 valence electrons. The minimum Gasteiger partial charge on any atom is -0.446 e. The molecule has 0 spiro atoms. The first kappa shape index (κ1) is 31.0. The molecular weight excluding hydrogens is 559 g/mol. The predicted molar refractivity (Wildman–Crippen MR) is 158 cm³/mol. The standard InChI is InChI=1S/C29H45FN8O5/c1-19(2)22-14-31-38-23(22)33-24(37-11-7-8-21(37)15-41-6)34-25(38)32-20-9-12-35(13-10-20)26(39)42-18-29(30)16-36(17-29)27(40)43-28(3,4)5/h14,19-21H,7-13,15-18H2,1-6H3,(H,32,33,34)/t21-/m0/s1. The summed E-state index contributed by atoms with van der Waals surface area (Å²) in [5, 5.41) is 8.16. The van der Waals surface area contributed by atoms with Gasteiger partial charge >= 0.3 is 12.2 Å². The number of methoxy groups -OCH3 is 1. The maximum absolute atomic E-state index is 15.0. The summed E-state index contributed by atoms with van der Waals surface area (Å²) < 4.78 is 32.8. The summed E-state index contributed by atoms with van der Waals surface area (Å²) in [6.07, 6.45) is 4.15. The smallest absolute Gasteiger partial charge is 0.410 e. The summed E-state index contributed by atoms with van der Waals surface area (Å²) in [7, 11) is 1.71. The van der Waals surface area contributed by atoms with Gasteiger partial charge < -0.3 is 34.2 Å². The van der Waals surface area contributed by atoms with E-state index in [-0.39, 0.29) is 31.1 Å². The molecule has 0 aliphatic carbocycles. The summed E-state index contributed by atoms with van der Waals surface area (Å²) in [5.74, 6) is 1.54. The van der Waals surface area contributed by atoms with E-state index in [0.717, 1.165) is 30.6 Å². The molecule has 13 nitrogen and oxygen atoms in total. The second kappa shape index (κ2) is 12.3. The Bertz CT molecular complexity index is 1300. The lowest BCUT2D eigenvalue weighted by Crippen LogP contribution is -2.64. The molecule has 2 aromatic rings. The van der Waals surface area contributed by atoms with E-state index in [1.54, 1.807) is 37.3 Å². The summed E-state index contributed by atoms with van der Waals surface area (Å²) in [6, 6.07) is 0.278. The molecule has 0 radical (unpaired) electrons. The van der Waals surface area contributed by atoms with Crippen LogP contribution < -0.4 is 10.2 Å². The Balaban J connectivity index is 1.17. The molecule has 3 fully saturated rings. The van der Waals surface area contributed by atoms with Gasteiger partial charge in [0.05, 0.1) is 31.9 Å². The highest BCUT2D eigenvalue weighted by Gasteiger charge is 2.48. The fourth-order valence-corrected chi connectivity index (χ4v) is 5.83. The number of likely N-dealkylation sites (tertiary alicyclic amines) is 2.